The van der Waals surface area contributed by atoms with E-state index >= 15 is 0 Å². The van der Waals surface area contributed by atoms with Crippen molar-refractivity contribution in [2.45, 2.75) is 0 Å². The highest BCUT2D eigenvalue weighted by atomic mass is 32.1. The largest absolute Gasteiger partial charge is 0.355 e. The summed E-state index contributed by atoms with van der Waals surface area (Å²) in [6, 6.07) is 5.02. The smallest absolute Gasteiger partial charge is 0.214 e. The Bertz CT molecular complexity index is 386. The number of aromatic nitrogens is 1. The number of thiophene rings is 1. The Morgan fingerprint density at radius 1 is 1.31 bits per heavy atom. The van der Waals surface area contributed by atoms with Crippen molar-refractivity contribution in [1.29, 1.82) is 0 Å². The van der Waals surface area contributed by atoms with E-state index < -0.39 is 5.95 Å². The molecule has 0 fully saturated rings. The third kappa shape index (κ3) is 2.03. The molecule has 13 heavy (non-hydrogen) atoms. The highest BCUT2D eigenvalue weighted by molar-refractivity contribution is 7.08. The number of pyridine rings is 1. The molecule has 0 saturated heterocycles. The van der Waals surface area contributed by atoms with Crippen LogP contribution in [-0.4, -0.2) is 4.98 Å². The topological polar surface area (TPSA) is 24.9 Å². The predicted molar refractivity (Wildman–Crippen MR) is 51.8 cm³/mol. The molecule has 0 radical (unpaired) electrons. The fourth-order valence-corrected chi connectivity index (χ4v) is 1.57. The number of nitrogens with one attached hydrogen (secondary N) is 1. The lowest BCUT2D eigenvalue weighted by Crippen LogP contribution is -1.89. The van der Waals surface area contributed by atoms with E-state index in [0.29, 0.717) is 5.69 Å². The first kappa shape index (κ1) is 8.19. The van der Waals surface area contributed by atoms with Crippen molar-refractivity contribution >= 4 is 22.7 Å². The summed E-state index contributed by atoms with van der Waals surface area (Å²) in [6.07, 6.45) is 1.43. The van der Waals surface area contributed by atoms with E-state index in [-0.39, 0.29) is 0 Å². The molecule has 2 aromatic heterocycles. The molecule has 0 spiro atoms. The minimum absolute atomic E-state index is 0.472. The molecule has 0 aromatic carbocycles. The third-order valence-corrected chi connectivity index (χ3v) is 2.22. The molecule has 0 unspecified atom stereocenters. The molecule has 2 nitrogen and oxygen atoms in total. The molecular formula is C9H7FN2S. The van der Waals surface area contributed by atoms with E-state index in [1.807, 2.05) is 16.8 Å². The van der Waals surface area contributed by atoms with Gasteiger partial charge >= 0.3 is 0 Å². The first-order valence-electron chi connectivity index (χ1n) is 3.75. The van der Waals surface area contributed by atoms with E-state index in [0.717, 1.165) is 5.69 Å². The molecule has 2 aromatic rings. The summed E-state index contributed by atoms with van der Waals surface area (Å²) >= 11 is 1.59. The molecule has 0 aliphatic heterocycles. The maximum Gasteiger partial charge on any atom is 0.214 e. The van der Waals surface area contributed by atoms with Crippen molar-refractivity contribution in [3.05, 3.63) is 41.1 Å². The number of anilines is 2. The summed E-state index contributed by atoms with van der Waals surface area (Å²) in [5.74, 6) is -0.472. The molecule has 0 aliphatic rings. The summed E-state index contributed by atoms with van der Waals surface area (Å²) in [6.45, 7) is 0. The van der Waals surface area contributed by atoms with E-state index in [1.165, 1.54) is 12.3 Å². The van der Waals surface area contributed by atoms with Crippen molar-refractivity contribution in [2.75, 3.05) is 5.32 Å². The van der Waals surface area contributed by atoms with Crippen LogP contribution in [0.5, 0.6) is 0 Å². The van der Waals surface area contributed by atoms with Crippen LogP contribution in [0.15, 0.2) is 35.2 Å². The molecule has 2 rings (SSSR count). The Hall–Kier alpha value is -1.42. The van der Waals surface area contributed by atoms with Crippen LogP contribution >= 0.6 is 11.3 Å². The van der Waals surface area contributed by atoms with Crippen LogP contribution in [0.2, 0.25) is 0 Å². The van der Waals surface area contributed by atoms with Gasteiger partial charge in [0.05, 0.1) is 0 Å². The standard InChI is InChI=1S/C9H7FN2S/c10-9-5-7(1-3-11-9)12-8-2-4-13-6-8/h1-6H,(H,11,12). The number of hydrogen-bond acceptors (Lipinski definition) is 3. The van der Waals surface area contributed by atoms with Gasteiger partial charge in [0.2, 0.25) is 5.95 Å². The zero-order valence-corrected chi connectivity index (χ0v) is 7.51. The molecule has 0 aliphatic carbocycles. The Balaban J connectivity index is 2.19. The average Bonchev–Trinajstić information content (AvgIpc) is 2.57. The van der Waals surface area contributed by atoms with Crippen molar-refractivity contribution in [1.82, 2.24) is 4.98 Å². The van der Waals surface area contributed by atoms with E-state index in [9.17, 15) is 4.39 Å². The molecule has 1 N–H and O–H groups in total. The Labute approximate surface area is 79.1 Å². The number of nitrogens with zero attached hydrogens (tertiary/aromatic N) is 1. The minimum atomic E-state index is -0.472. The van der Waals surface area contributed by atoms with Gasteiger partial charge in [-0.2, -0.15) is 15.7 Å². The summed E-state index contributed by atoms with van der Waals surface area (Å²) in [5.41, 5.74) is 1.68. The lowest BCUT2D eigenvalue weighted by molar-refractivity contribution is 0.584. The van der Waals surface area contributed by atoms with Crippen LogP contribution in [0.25, 0.3) is 0 Å². The van der Waals surface area contributed by atoms with Crippen molar-refractivity contribution in [3.8, 4) is 0 Å². The van der Waals surface area contributed by atoms with Gasteiger partial charge in [-0.25, -0.2) is 4.98 Å². The van der Waals surface area contributed by atoms with Crippen LogP contribution < -0.4 is 5.32 Å². The lowest BCUT2D eigenvalue weighted by atomic mass is 10.4. The molecule has 66 valence electrons. The van der Waals surface area contributed by atoms with E-state index in [2.05, 4.69) is 10.3 Å². The van der Waals surface area contributed by atoms with Crippen LogP contribution in [0.1, 0.15) is 0 Å². The Morgan fingerprint density at radius 3 is 2.92 bits per heavy atom. The highest BCUT2D eigenvalue weighted by Gasteiger charge is 1.96. The van der Waals surface area contributed by atoms with Crippen LogP contribution in [0.3, 0.4) is 0 Å². The molecule has 4 heteroatoms. The fourth-order valence-electron chi connectivity index (χ4n) is 0.982. The second-order valence-electron chi connectivity index (χ2n) is 2.50. The minimum Gasteiger partial charge on any atom is -0.355 e. The van der Waals surface area contributed by atoms with Gasteiger partial charge in [-0.15, -0.1) is 0 Å². The van der Waals surface area contributed by atoms with Gasteiger partial charge in [-0.3, -0.25) is 0 Å². The molecule has 0 atom stereocenters. The van der Waals surface area contributed by atoms with Gasteiger partial charge in [0.15, 0.2) is 0 Å². The van der Waals surface area contributed by atoms with E-state index in [1.54, 1.807) is 17.4 Å². The number of halogens is 1. The second-order valence-corrected chi connectivity index (χ2v) is 3.28. The summed E-state index contributed by atoms with van der Waals surface area (Å²) < 4.78 is 12.6. The predicted octanol–water partition coefficient (Wildman–Crippen LogP) is 3.03. The van der Waals surface area contributed by atoms with Crippen molar-refractivity contribution in [3.63, 3.8) is 0 Å². The molecule has 0 amide bonds. The molecule has 0 bridgehead atoms. The van der Waals surface area contributed by atoms with Gasteiger partial charge in [0.25, 0.3) is 0 Å². The van der Waals surface area contributed by atoms with Crippen molar-refractivity contribution < 1.29 is 4.39 Å². The highest BCUT2D eigenvalue weighted by Crippen LogP contribution is 2.18. The fraction of sp³-hybridized carbons (Fsp3) is 0. The number of hydrogen-bond donors (Lipinski definition) is 1. The lowest BCUT2D eigenvalue weighted by Gasteiger charge is -2.01. The first-order valence-corrected chi connectivity index (χ1v) is 4.70. The maximum atomic E-state index is 12.6. The van der Waals surface area contributed by atoms with Gasteiger partial charge in [-0.05, 0) is 17.5 Å². The molecular weight excluding hydrogens is 187 g/mol. The molecule has 2 heterocycles. The third-order valence-electron chi connectivity index (χ3n) is 1.54. The second kappa shape index (κ2) is 3.53. The zero-order valence-electron chi connectivity index (χ0n) is 6.70. The number of rotatable bonds is 2. The van der Waals surface area contributed by atoms with Gasteiger partial charge in [0.1, 0.15) is 0 Å². The normalized spacial score (nSPS) is 9.92. The van der Waals surface area contributed by atoms with Crippen molar-refractivity contribution in [2.24, 2.45) is 0 Å². The van der Waals surface area contributed by atoms with Crippen LogP contribution in [0.4, 0.5) is 15.8 Å². The first-order chi connectivity index (χ1) is 6.34. The SMILES string of the molecule is Fc1cc(Nc2ccsc2)ccn1. The quantitative estimate of drug-likeness (QED) is 0.743. The summed E-state index contributed by atoms with van der Waals surface area (Å²) in [5, 5.41) is 6.97. The van der Waals surface area contributed by atoms with Crippen LogP contribution in [-0.2, 0) is 0 Å². The van der Waals surface area contributed by atoms with Gasteiger partial charge < -0.3 is 5.32 Å². The zero-order chi connectivity index (χ0) is 9.10. The monoisotopic (exact) mass is 194 g/mol. The Kier molecular flexibility index (Phi) is 2.23. The molecule has 0 saturated carbocycles. The summed E-state index contributed by atoms with van der Waals surface area (Å²) in [7, 11) is 0. The van der Waals surface area contributed by atoms with Gasteiger partial charge in [-0.1, -0.05) is 0 Å². The summed E-state index contributed by atoms with van der Waals surface area (Å²) in [4.78, 5) is 3.47. The van der Waals surface area contributed by atoms with Crippen LogP contribution in [0, 0.1) is 5.95 Å². The maximum absolute atomic E-state index is 12.6. The average molecular weight is 194 g/mol. The Morgan fingerprint density at radius 2 is 2.23 bits per heavy atom. The van der Waals surface area contributed by atoms with E-state index in [4.69, 9.17) is 0 Å². The van der Waals surface area contributed by atoms with Gasteiger partial charge in [0, 0.05) is 29.0 Å².